The molecule has 0 saturated heterocycles. The Bertz CT molecular complexity index is 378. The van der Waals surface area contributed by atoms with Crippen molar-refractivity contribution in [1.82, 2.24) is 0 Å². The van der Waals surface area contributed by atoms with Crippen LogP contribution in [0.15, 0.2) is 22.7 Å². The molecule has 0 amide bonds. The largest absolute Gasteiger partial charge is 0.264 e. The number of nitro groups is 1. The lowest BCUT2D eigenvalue weighted by atomic mass is 9.88. The number of hydrogen-bond donors (Lipinski definition) is 0. The molecule has 1 unspecified atom stereocenters. The van der Waals surface area contributed by atoms with Gasteiger partial charge < -0.3 is 0 Å². The van der Waals surface area contributed by atoms with Crippen molar-refractivity contribution in [2.24, 2.45) is 0 Å². The number of aryl methyl sites for hydroxylation is 1. The van der Waals surface area contributed by atoms with Crippen LogP contribution in [0.2, 0.25) is 0 Å². The van der Waals surface area contributed by atoms with Crippen LogP contribution < -0.4 is 0 Å². The fourth-order valence-corrected chi connectivity index (χ4v) is 2.34. The number of nitrogens with zero attached hydrogens (tertiary/aromatic N) is 1. The third-order valence-corrected chi connectivity index (χ3v) is 3.14. The number of rotatable bonds is 1. The minimum absolute atomic E-state index is 0.176. The molecule has 1 atom stereocenters. The van der Waals surface area contributed by atoms with Crippen LogP contribution in [0.1, 0.15) is 30.0 Å². The van der Waals surface area contributed by atoms with Gasteiger partial charge in [-0.25, -0.2) is 0 Å². The second kappa shape index (κ2) is 3.69. The summed E-state index contributed by atoms with van der Waals surface area (Å²) < 4.78 is 0.921. The highest BCUT2D eigenvalue weighted by molar-refractivity contribution is 9.10. The number of fused-ring (bicyclic) bond motifs is 1. The maximum atomic E-state index is 10.8. The first kappa shape index (κ1) is 9.65. The zero-order chi connectivity index (χ0) is 10.1. The van der Waals surface area contributed by atoms with Gasteiger partial charge in [-0.05, 0) is 30.5 Å². The minimum atomic E-state index is -0.503. The van der Waals surface area contributed by atoms with Crippen LogP contribution in [-0.4, -0.2) is 4.92 Å². The molecule has 0 aromatic heterocycles. The first-order valence-electron chi connectivity index (χ1n) is 4.60. The van der Waals surface area contributed by atoms with Crippen molar-refractivity contribution in [3.63, 3.8) is 0 Å². The Morgan fingerprint density at radius 2 is 2.29 bits per heavy atom. The lowest BCUT2D eigenvalue weighted by Crippen LogP contribution is -2.17. The topological polar surface area (TPSA) is 43.1 Å². The molecule has 0 N–H and O–H groups in total. The van der Waals surface area contributed by atoms with Gasteiger partial charge in [-0.1, -0.05) is 22.0 Å². The third kappa shape index (κ3) is 1.66. The van der Waals surface area contributed by atoms with Crippen LogP contribution in [-0.2, 0) is 6.42 Å². The fourth-order valence-electron chi connectivity index (χ4n) is 1.96. The molecule has 0 aliphatic heterocycles. The first-order valence-corrected chi connectivity index (χ1v) is 5.39. The molecule has 74 valence electrons. The highest BCUT2D eigenvalue weighted by Gasteiger charge is 2.28. The lowest BCUT2D eigenvalue weighted by molar-refractivity contribution is -0.531. The molecule has 14 heavy (non-hydrogen) atoms. The number of hydrogen-bond acceptors (Lipinski definition) is 2. The van der Waals surface area contributed by atoms with Gasteiger partial charge in [0.2, 0.25) is 6.04 Å². The van der Waals surface area contributed by atoms with Crippen molar-refractivity contribution in [2.45, 2.75) is 25.3 Å². The summed E-state index contributed by atoms with van der Waals surface area (Å²) in [6.45, 7) is 0. The SMILES string of the molecule is O=[N+]([O-])C1CCCc2ccc(Br)cc21. The van der Waals surface area contributed by atoms with E-state index in [0.717, 1.165) is 28.4 Å². The van der Waals surface area contributed by atoms with E-state index in [1.54, 1.807) is 0 Å². The molecule has 0 fully saturated rings. The molecule has 0 bridgehead atoms. The zero-order valence-electron chi connectivity index (χ0n) is 7.57. The van der Waals surface area contributed by atoms with E-state index in [4.69, 9.17) is 0 Å². The maximum Gasteiger partial charge on any atom is 0.238 e. The summed E-state index contributed by atoms with van der Waals surface area (Å²) in [5.74, 6) is 0. The molecule has 0 spiro atoms. The second-order valence-corrected chi connectivity index (χ2v) is 4.45. The Morgan fingerprint density at radius 1 is 1.50 bits per heavy atom. The maximum absolute atomic E-state index is 10.8. The molecular formula is C10H10BrNO2. The monoisotopic (exact) mass is 255 g/mol. The molecule has 1 aliphatic carbocycles. The summed E-state index contributed by atoms with van der Waals surface area (Å²) in [6.07, 6.45) is 2.55. The Kier molecular flexibility index (Phi) is 2.54. The Hall–Kier alpha value is -0.900. The van der Waals surface area contributed by atoms with Crippen LogP contribution >= 0.6 is 15.9 Å². The Balaban J connectivity index is 2.46. The van der Waals surface area contributed by atoms with E-state index in [1.807, 2.05) is 18.2 Å². The Morgan fingerprint density at radius 3 is 3.00 bits per heavy atom. The quantitative estimate of drug-likeness (QED) is 0.572. The van der Waals surface area contributed by atoms with Crippen LogP contribution in [0.4, 0.5) is 0 Å². The van der Waals surface area contributed by atoms with Crippen molar-refractivity contribution < 1.29 is 4.92 Å². The minimum Gasteiger partial charge on any atom is -0.264 e. The van der Waals surface area contributed by atoms with E-state index in [2.05, 4.69) is 15.9 Å². The predicted octanol–water partition coefficient (Wildman–Crippen LogP) is 3.10. The fraction of sp³-hybridized carbons (Fsp3) is 0.400. The molecule has 0 saturated carbocycles. The zero-order valence-corrected chi connectivity index (χ0v) is 9.16. The van der Waals surface area contributed by atoms with Crippen molar-refractivity contribution >= 4 is 15.9 Å². The van der Waals surface area contributed by atoms with Crippen LogP contribution in [0, 0.1) is 10.1 Å². The van der Waals surface area contributed by atoms with Gasteiger partial charge in [0.05, 0.1) is 0 Å². The van der Waals surface area contributed by atoms with Gasteiger partial charge >= 0.3 is 0 Å². The summed E-state index contributed by atoms with van der Waals surface area (Å²) in [7, 11) is 0. The van der Waals surface area contributed by atoms with Crippen molar-refractivity contribution in [2.75, 3.05) is 0 Å². The van der Waals surface area contributed by atoms with E-state index in [1.165, 1.54) is 0 Å². The standard InChI is InChI=1S/C10H10BrNO2/c11-8-5-4-7-2-1-3-10(12(13)14)9(7)6-8/h4-6,10H,1-3H2. The number of benzene rings is 1. The van der Waals surface area contributed by atoms with E-state index in [0.29, 0.717) is 6.42 Å². The molecule has 1 aliphatic rings. The third-order valence-electron chi connectivity index (χ3n) is 2.65. The van der Waals surface area contributed by atoms with Gasteiger partial charge in [-0.15, -0.1) is 0 Å². The summed E-state index contributed by atoms with van der Waals surface area (Å²) in [5, 5.41) is 10.8. The van der Waals surface area contributed by atoms with Gasteiger partial charge in [0.15, 0.2) is 0 Å². The van der Waals surface area contributed by atoms with Gasteiger partial charge in [-0.3, -0.25) is 10.1 Å². The van der Waals surface area contributed by atoms with Crippen LogP contribution in [0.5, 0.6) is 0 Å². The molecule has 0 radical (unpaired) electrons. The molecule has 1 aromatic rings. The summed E-state index contributed by atoms with van der Waals surface area (Å²) in [4.78, 5) is 10.6. The highest BCUT2D eigenvalue weighted by Crippen LogP contribution is 2.33. The van der Waals surface area contributed by atoms with E-state index >= 15 is 0 Å². The summed E-state index contributed by atoms with van der Waals surface area (Å²) >= 11 is 3.34. The summed E-state index contributed by atoms with van der Waals surface area (Å²) in [5.41, 5.74) is 2.01. The smallest absolute Gasteiger partial charge is 0.238 e. The van der Waals surface area contributed by atoms with Gasteiger partial charge in [0.1, 0.15) is 0 Å². The average Bonchev–Trinajstić information content (AvgIpc) is 2.16. The van der Waals surface area contributed by atoms with Gasteiger partial charge in [-0.2, -0.15) is 0 Å². The van der Waals surface area contributed by atoms with Crippen molar-refractivity contribution in [3.8, 4) is 0 Å². The highest BCUT2D eigenvalue weighted by atomic mass is 79.9. The molecule has 1 aromatic carbocycles. The molecule has 2 rings (SSSR count). The van der Waals surface area contributed by atoms with Gasteiger partial charge in [0, 0.05) is 21.4 Å². The van der Waals surface area contributed by atoms with E-state index in [9.17, 15) is 10.1 Å². The van der Waals surface area contributed by atoms with Crippen molar-refractivity contribution in [1.29, 1.82) is 0 Å². The van der Waals surface area contributed by atoms with Crippen LogP contribution in [0.25, 0.3) is 0 Å². The first-order chi connectivity index (χ1) is 6.68. The predicted molar refractivity (Wildman–Crippen MR) is 56.8 cm³/mol. The van der Waals surface area contributed by atoms with Gasteiger partial charge in [0.25, 0.3) is 0 Å². The number of halogens is 1. The average molecular weight is 256 g/mol. The van der Waals surface area contributed by atoms with E-state index in [-0.39, 0.29) is 4.92 Å². The molecule has 0 heterocycles. The summed E-state index contributed by atoms with van der Waals surface area (Å²) in [6, 6.07) is 5.30. The molecule has 3 nitrogen and oxygen atoms in total. The van der Waals surface area contributed by atoms with E-state index < -0.39 is 6.04 Å². The second-order valence-electron chi connectivity index (χ2n) is 3.54. The molecule has 4 heteroatoms. The Labute approximate surface area is 90.4 Å². The lowest BCUT2D eigenvalue weighted by Gasteiger charge is -2.19. The van der Waals surface area contributed by atoms with Crippen LogP contribution in [0.3, 0.4) is 0 Å². The van der Waals surface area contributed by atoms with Crippen molar-refractivity contribution in [3.05, 3.63) is 43.9 Å². The molecular weight excluding hydrogens is 246 g/mol. The normalized spacial score (nSPS) is 20.2.